The predicted octanol–water partition coefficient (Wildman–Crippen LogP) is 9.72. The second-order valence-electron chi connectivity index (χ2n) is 10.0. The van der Waals surface area contributed by atoms with Crippen LogP contribution in [0.3, 0.4) is 0 Å². The molecule has 0 bridgehead atoms. The number of allylic oxidation sites excluding steroid dienone is 9. The molecule has 0 N–H and O–H groups in total. The van der Waals surface area contributed by atoms with Gasteiger partial charge in [0.1, 0.15) is 0 Å². The summed E-state index contributed by atoms with van der Waals surface area (Å²) in [4.78, 5) is 0. The predicted molar refractivity (Wildman–Crippen MR) is 154 cm³/mol. The number of fused-ring (bicyclic) bond motifs is 1. The van der Waals surface area contributed by atoms with Crippen molar-refractivity contribution in [3.63, 3.8) is 0 Å². The third kappa shape index (κ3) is 5.13. The van der Waals surface area contributed by atoms with E-state index < -0.39 is 0 Å². The van der Waals surface area contributed by atoms with E-state index in [1.165, 1.54) is 55.7 Å². The van der Waals surface area contributed by atoms with Gasteiger partial charge in [-0.3, -0.25) is 0 Å². The van der Waals surface area contributed by atoms with Crippen molar-refractivity contribution in [2.24, 2.45) is 5.92 Å². The SMILES string of the molecule is C=C(CCC)C1=C(C)C=C2CC(=CC=Cc3ccccc3)C(=C)C2C1c1ccc(CC)c(CC)c1. The Kier molecular flexibility index (Phi) is 7.91. The van der Waals surface area contributed by atoms with Crippen LogP contribution in [0.25, 0.3) is 6.08 Å². The summed E-state index contributed by atoms with van der Waals surface area (Å²) >= 11 is 0. The van der Waals surface area contributed by atoms with Gasteiger partial charge < -0.3 is 0 Å². The fourth-order valence-electron chi connectivity index (χ4n) is 6.00. The molecule has 0 aliphatic heterocycles. The standard InChI is InChI=1S/C35H40/c1-7-14-24(4)33-25(5)21-32-23-30(18-13-17-27-15-11-10-12-16-27)26(6)34(32)35(33)31-20-19-28(8-2)29(9-3)22-31/h10-13,15-22,34-35H,4,6-9,14,23H2,1-3,5H3. The molecule has 0 saturated heterocycles. The second kappa shape index (κ2) is 11.1. The van der Waals surface area contributed by atoms with Crippen molar-refractivity contribution in [2.75, 3.05) is 0 Å². The number of hydrogen-bond donors (Lipinski definition) is 0. The maximum absolute atomic E-state index is 4.67. The maximum atomic E-state index is 4.67. The Morgan fingerprint density at radius 3 is 2.40 bits per heavy atom. The molecule has 2 atom stereocenters. The van der Waals surface area contributed by atoms with Crippen LogP contribution in [-0.2, 0) is 12.8 Å². The van der Waals surface area contributed by atoms with Crippen molar-refractivity contribution in [3.05, 3.63) is 136 Å². The van der Waals surface area contributed by atoms with Crippen LogP contribution >= 0.6 is 0 Å². The van der Waals surface area contributed by atoms with Gasteiger partial charge in [0.25, 0.3) is 0 Å². The van der Waals surface area contributed by atoms with E-state index in [-0.39, 0.29) is 0 Å². The summed E-state index contributed by atoms with van der Waals surface area (Å²) in [6.07, 6.45) is 14.4. The molecule has 35 heavy (non-hydrogen) atoms. The van der Waals surface area contributed by atoms with E-state index in [1.807, 2.05) is 0 Å². The van der Waals surface area contributed by atoms with Gasteiger partial charge in [0, 0.05) is 11.8 Å². The fourth-order valence-corrected chi connectivity index (χ4v) is 6.00. The second-order valence-corrected chi connectivity index (χ2v) is 10.0. The zero-order valence-electron chi connectivity index (χ0n) is 22.0. The molecular weight excluding hydrogens is 420 g/mol. The molecule has 0 radical (unpaired) electrons. The molecule has 0 heterocycles. The highest BCUT2D eigenvalue weighted by atomic mass is 14.4. The van der Waals surface area contributed by atoms with E-state index in [0.29, 0.717) is 11.8 Å². The molecule has 180 valence electrons. The first-order chi connectivity index (χ1) is 17.0. The summed E-state index contributed by atoms with van der Waals surface area (Å²) in [6, 6.07) is 17.7. The summed E-state index contributed by atoms with van der Waals surface area (Å²) < 4.78 is 0. The highest BCUT2D eigenvalue weighted by molar-refractivity contribution is 5.62. The van der Waals surface area contributed by atoms with Gasteiger partial charge in [-0.15, -0.1) is 0 Å². The van der Waals surface area contributed by atoms with Crippen LogP contribution in [0, 0.1) is 5.92 Å². The van der Waals surface area contributed by atoms with Gasteiger partial charge in [-0.25, -0.2) is 0 Å². The number of aryl methyl sites for hydroxylation is 2. The minimum absolute atomic E-state index is 0.293. The Morgan fingerprint density at radius 2 is 1.71 bits per heavy atom. The molecule has 2 unspecified atom stereocenters. The third-order valence-corrected chi connectivity index (χ3v) is 7.72. The lowest BCUT2D eigenvalue weighted by Crippen LogP contribution is -2.21. The highest BCUT2D eigenvalue weighted by Gasteiger charge is 2.40. The normalized spacial score (nSPS) is 21.1. The lowest BCUT2D eigenvalue weighted by Gasteiger charge is -2.35. The Morgan fingerprint density at radius 1 is 0.971 bits per heavy atom. The third-order valence-electron chi connectivity index (χ3n) is 7.72. The van der Waals surface area contributed by atoms with Crippen LogP contribution in [0.4, 0.5) is 0 Å². The van der Waals surface area contributed by atoms with Gasteiger partial charge in [0.05, 0.1) is 0 Å². The van der Waals surface area contributed by atoms with Gasteiger partial charge in [0.2, 0.25) is 0 Å². The molecular formula is C35H40. The molecule has 2 aliphatic carbocycles. The quantitative estimate of drug-likeness (QED) is 0.368. The zero-order chi connectivity index (χ0) is 24.9. The Hall–Kier alpha value is -3.12. The van der Waals surface area contributed by atoms with Gasteiger partial charge in [-0.1, -0.05) is 124 Å². The molecule has 0 nitrogen and oxygen atoms in total. The van der Waals surface area contributed by atoms with Crippen LogP contribution in [0.1, 0.15) is 75.1 Å². The lowest BCUT2D eigenvalue weighted by atomic mass is 9.68. The van der Waals surface area contributed by atoms with Crippen molar-refractivity contribution in [1.29, 1.82) is 0 Å². The molecule has 0 aromatic heterocycles. The Labute approximate surface area is 213 Å². The molecule has 2 aliphatic rings. The van der Waals surface area contributed by atoms with E-state index >= 15 is 0 Å². The summed E-state index contributed by atoms with van der Waals surface area (Å²) in [5.41, 5.74) is 13.8. The van der Waals surface area contributed by atoms with Crippen molar-refractivity contribution >= 4 is 6.08 Å². The number of rotatable bonds is 8. The van der Waals surface area contributed by atoms with E-state index in [0.717, 1.165) is 32.1 Å². The van der Waals surface area contributed by atoms with Crippen molar-refractivity contribution in [1.82, 2.24) is 0 Å². The molecule has 0 heteroatoms. The van der Waals surface area contributed by atoms with Crippen molar-refractivity contribution < 1.29 is 0 Å². The minimum atomic E-state index is 0.293. The molecule has 1 saturated carbocycles. The maximum Gasteiger partial charge on any atom is 0.0201 e. The van der Waals surface area contributed by atoms with E-state index in [1.54, 1.807) is 0 Å². The average molecular weight is 461 g/mol. The van der Waals surface area contributed by atoms with Crippen molar-refractivity contribution in [2.45, 2.75) is 65.7 Å². The monoisotopic (exact) mass is 460 g/mol. The largest absolute Gasteiger partial charge is 0.0955 e. The van der Waals surface area contributed by atoms with Gasteiger partial charge in [-0.05, 0) is 77.2 Å². The first kappa shape index (κ1) is 25.0. The van der Waals surface area contributed by atoms with Gasteiger partial charge >= 0.3 is 0 Å². The molecule has 2 aromatic rings. The molecule has 2 aromatic carbocycles. The molecule has 0 amide bonds. The Balaban J connectivity index is 1.76. The summed E-state index contributed by atoms with van der Waals surface area (Å²) in [5, 5.41) is 0. The van der Waals surface area contributed by atoms with Crippen LogP contribution in [-0.4, -0.2) is 0 Å². The van der Waals surface area contributed by atoms with E-state index in [9.17, 15) is 0 Å². The smallest absolute Gasteiger partial charge is 0.0201 e. The van der Waals surface area contributed by atoms with Gasteiger partial charge in [0.15, 0.2) is 0 Å². The van der Waals surface area contributed by atoms with Crippen LogP contribution in [0.2, 0.25) is 0 Å². The highest BCUT2D eigenvalue weighted by Crippen LogP contribution is 2.55. The fraction of sp³-hybridized carbons (Fsp3) is 0.314. The summed E-state index contributed by atoms with van der Waals surface area (Å²) in [5.74, 6) is 0.609. The minimum Gasteiger partial charge on any atom is -0.0955 e. The van der Waals surface area contributed by atoms with E-state index in [2.05, 4.69) is 114 Å². The molecule has 0 spiro atoms. The summed E-state index contributed by atoms with van der Waals surface area (Å²) in [7, 11) is 0. The topological polar surface area (TPSA) is 0 Å². The molecule has 4 rings (SSSR count). The Bertz CT molecular complexity index is 1230. The van der Waals surface area contributed by atoms with Crippen LogP contribution in [0.5, 0.6) is 0 Å². The first-order valence-electron chi connectivity index (χ1n) is 13.3. The summed E-state index contributed by atoms with van der Waals surface area (Å²) in [6.45, 7) is 18.3. The van der Waals surface area contributed by atoms with Crippen LogP contribution < -0.4 is 0 Å². The van der Waals surface area contributed by atoms with Gasteiger partial charge in [-0.2, -0.15) is 0 Å². The number of hydrogen-bond acceptors (Lipinski definition) is 0. The molecule has 1 fully saturated rings. The lowest BCUT2D eigenvalue weighted by molar-refractivity contribution is 0.618. The zero-order valence-corrected chi connectivity index (χ0v) is 22.0. The first-order valence-corrected chi connectivity index (χ1v) is 13.3. The van der Waals surface area contributed by atoms with Crippen LogP contribution in [0.15, 0.2) is 113 Å². The van der Waals surface area contributed by atoms with E-state index in [4.69, 9.17) is 0 Å². The number of benzene rings is 2. The van der Waals surface area contributed by atoms with Crippen molar-refractivity contribution in [3.8, 4) is 0 Å². The average Bonchev–Trinajstić information content (AvgIpc) is 3.18.